The number of aldehydes is 1. The first-order valence-electron chi connectivity index (χ1n) is 8.47. The molecule has 2 aliphatic heterocycles. The zero-order valence-corrected chi connectivity index (χ0v) is 14.4. The van der Waals surface area contributed by atoms with E-state index in [9.17, 15) is 14.4 Å². The van der Waals surface area contributed by atoms with Gasteiger partial charge in [0.2, 0.25) is 0 Å². The van der Waals surface area contributed by atoms with E-state index < -0.39 is 12.1 Å². The van der Waals surface area contributed by atoms with Gasteiger partial charge in [-0.05, 0) is 23.6 Å². The molecule has 0 N–H and O–H groups in total. The topological polar surface area (TPSA) is 82.2 Å². The van der Waals surface area contributed by atoms with Gasteiger partial charge in [0.25, 0.3) is 0 Å². The van der Waals surface area contributed by atoms with Crippen molar-refractivity contribution in [3.05, 3.63) is 35.5 Å². The van der Waals surface area contributed by atoms with Gasteiger partial charge in [0.1, 0.15) is 31.2 Å². The van der Waals surface area contributed by atoms with Gasteiger partial charge >= 0.3 is 11.9 Å². The van der Waals surface area contributed by atoms with Crippen molar-refractivity contribution in [1.82, 2.24) is 0 Å². The molecule has 0 bridgehead atoms. The molecule has 3 aliphatic rings. The van der Waals surface area contributed by atoms with E-state index in [2.05, 4.69) is 6.58 Å². The van der Waals surface area contributed by atoms with Crippen LogP contribution in [0.2, 0.25) is 0 Å². The Morgan fingerprint density at radius 3 is 2.92 bits per heavy atom. The van der Waals surface area contributed by atoms with Crippen LogP contribution >= 0.6 is 0 Å². The minimum atomic E-state index is -0.415. The molecule has 0 saturated carbocycles. The standard InChI is InChI=1S/C19H22O6/c1-10(2)18(21)23-9-13-4-5-14-11(3)19(22)25-15(14)6-12(8-20)7-16-17(13)24-16/h4,7-8,10,14-17H,3,5-6,9H2,1-2H3/b12-7-,13-4-/t14-,15+,16+,17+/m0/s1. The highest BCUT2D eigenvalue weighted by Gasteiger charge is 2.44. The van der Waals surface area contributed by atoms with E-state index in [1.165, 1.54) is 0 Å². The molecule has 2 fully saturated rings. The van der Waals surface area contributed by atoms with Crippen molar-refractivity contribution in [2.75, 3.05) is 6.61 Å². The molecule has 6 nitrogen and oxygen atoms in total. The predicted molar refractivity (Wildman–Crippen MR) is 88.4 cm³/mol. The molecular weight excluding hydrogens is 324 g/mol. The third-order valence-electron chi connectivity index (χ3n) is 4.76. The molecule has 6 heteroatoms. The largest absolute Gasteiger partial charge is 0.461 e. The summed E-state index contributed by atoms with van der Waals surface area (Å²) >= 11 is 0. The highest BCUT2D eigenvalue weighted by molar-refractivity contribution is 5.91. The smallest absolute Gasteiger partial charge is 0.334 e. The van der Waals surface area contributed by atoms with E-state index in [4.69, 9.17) is 14.2 Å². The molecule has 0 radical (unpaired) electrons. The van der Waals surface area contributed by atoms with E-state index in [-0.39, 0.29) is 36.6 Å². The summed E-state index contributed by atoms with van der Waals surface area (Å²) in [7, 11) is 0. The van der Waals surface area contributed by atoms with Gasteiger partial charge in [-0.3, -0.25) is 9.59 Å². The summed E-state index contributed by atoms with van der Waals surface area (Å²) < 4.78 is 16.3. The van der Waals surface area contributed by atoms with Gasteiger partial charge in [-0.15, -0.1) is 0 Å². The lowest BCUT2D eigenvalue weighted by Crippen LogP contribution is -2.20. The third-order valence-corrected chi connectivity index (χ3v) is 4.76. The zero-order chi connectivity index (χ0) is 18.1. The van der Waals surface area contributed by atoms with E-state index in [0.29, 0.717) is 24.0 Å². The molecular formula is C19H22O6. The molecule has 0 spiro atoms. The fourth-order valence-electron chi connectivity index (χ4n) is 3.15. The number of hydrogen-bond acceptors (Lipinski definition) is 6. The van der Waals surface area contributed by atoms with Crippen LogP contribution in [0.3, 0.4) is 0 Å². The quantitative estimate of drug-likeness (QED) is 0.254. The third kappa shape index (κ3) is 3.74. The molecule has 0 amide bonds. The number of allylic oxidation sites excluding steroid dienone is 1. The van der Waals surface area contributed by atoms with Gasteiger partial charge in [-0.2, -0.15) is 0 Å². The monoisotopic (exact) mass is 346 g/mol. The molecule has 0 aromatic carbocycles. The Hall–Kier alpha value is -2.21. The molecule has 4 atom stereocenters. The highest BCUT2D eigenvalue weighted by Crippen LogP contribution is 2.38. The Morgan fingerprint density at radius 1 is 1.48 bits per heavy atom. The Labute approximate surface area is 146 Å². The fraction of sp³-hybridized carbons (Fsp3) is 0.526. The van der Waals surface area contributed by atoms with Gasteiger partial charge in [-0.25, -0.2) is 4.79 Å². The molecule has 0 aromatic heterocycles. The van der Waals surface area contributed by atoms with E-state index in [1.807, 2.05) is 6.08 Å². The Morgan fingerprint density at radius 2 is 2.24 bits per heavy atom. The zero-order valence-electron chi connectivity index (χ0n) is 14.4. The van der Waals surface area contributed by atoms with Gasteiger partial charge in [0.05, 0.1) is 5.92 Å². The molecule has 134 valence electrons. The Balaban J connectivity index is 1.81. The summed E-state index contributed by atoms with van der Waals surface area (Å²) in [4.78, 5) is 34.9. The van der Waals surface area contributed by atoms with Crippen LogP contribution in [0.5, 0.6) is 0 Å². The normalized spacial score (nSPS) is 35.5. The number of hydrogen-bond donors (Lipinski definition) is 0. The van der Waals surface area contributed by atoms with E-state index in [0.717, 1.165) is 11.9 Å². The number of fused-ring (bicyclic) bond motifs is 2. The molecule has 25 heavy (non-hydrogen) atoms. The first-order valence-corrected chi connectivity index (χ1v) is 8.47. The molecule has 3 rings (SSSR count). The molecule has 2 heterocycles. The number of rotatable bonds is 4. The number of carbonyl (C=O) groups is 3. The van der Waals surface area contributed by atoms with Crippen molar-refractivity contribution in [3.8, 4) is 0 Å². The predicted octanol–water partition coefficient (Wildman–Crippen LogP) is 1.90. The molecule has 2 saturated heterocycles. The van der Waals surface area contributed by atoms with Gasteiger partial charge < -0.3 is 14.2 Å². The second kappa shape index (κ2) is 6.96. The summed E-state index contributed by atoms with van der Waals surface area (Å²) in [5.41, 5.74) is 1.80. The lowest BCUT2D eigenvalue weighted by atomic mass is 9.88. The maximum Gasteiger partial charge on any atom is 0.334 e. The van der Waals surface area contributed by atoms with Gasteiger partial charge in [-0.1, -0.05) is 26.5 Å². The van der Waals surface area contributed by atoms with Crippen molar-refractivity contribution in [2.24, 2.45) is 11.8 Å². The first-order chi connectivity index (χ1) is 11.9. The second-order valence-corrected chi connectivity index (χ2v) is 6.94. The summed E-state index contributed by atoms with van der Waals surface area (Å²) in [6.07, 6.45) is 4.56. The maximum absolute atomic E-state index is 11.8. The van der Waals surface area contributed by atoms with E-state index in [1.54, 1.807) is 19.9 Å². The Kier molecular flexibility index (Phi) is 4.90. The molecule has 0 aromatic rings. The van der Waals surface area contributed by atoms with Gasteiger partial charge in [0, 0.05) is 17.9 Å². The first kappa shape index (κ1) is 17.6. The lowest BCUT2D eigenvalue weighted by Gasteiger charge is -2.18. The van der Waals surface area contributed by atoms with Gasteiger partial charge in [0.15, 0.2) is 0 Å². The number of esters is 2. The van der Waals surface area contributed by atoms with Crippen LogP contribution in [0.4, 0.5) is 0 Å². The summed E-state index contributed by atoms with van der Waals surface area (Å²) in [6.45, 7) is 7.51. The van der Waals surface area contributed by atoms with Crippen molar-refractivity contribution < 1.29 is 28.6 Å². The van der Waals surface area contributed by atoms with Crippen LogP contribution in [0.25, 0.3) is 0 Å². The Bertz CT molecular complexity index is 671. The molecule has 1 aliphatic carbocycles. The number of ether oxygens (including phenoxy) is 3. The van der Waals surface area contributed by atoms with Crippen molar-refractivity contribution in [1.29, 1.82) is 0 Å². The maximum atomic E-state index is 11.8. The van der Waals surface area contributed by atoms with Crippen LogP contribution in [0.1, 0.15) is 26.7 Å². The molecule has 0 unspecified atom stereocenters. The summed E-state index contributed by atoms with van der Waals surface area (Å²) in [5, 5.41) is 0. The summed E-state index contributed by atoms with van der Waals surface area (Å²) in [5.74, 6) is -1.09. The lowest BCUT2D eigenvalue weighted by molar-refractivity contribution is -0.146. The van der Waals surface area contributed by atoms with Crippen LogP contribution < -0.4 is 0 Å². The van der Waals surface area contributed by atoms with Crippen LogP contribution in [0.15, 0.2) is 35.5 Å². The fourth-order valence-corrected chi connectivity index (χ4v) is 3.15. The SMILES string of the molecule is C=C1C(=O)O[C@@H]2C/C(C=O)=C/[C@H]3O[C@@H]3/C(COC(=O)C(C)C)=C\C[C@@H]12. The highest BCUT2D eigenvalue weighted by atomic mass is 16.6. The van der Waals surface area contributed by atoms with E-state index >= 15 is 0 Å². The second-order valence-electron chi connectivity index (χ2n) is 6.94. The van der Waals surface area contributed by atoms with Crippen LogP contribution in [-0.2, 0) is 28.6 Å². The minimum Gasteiger partial charge on any atom is -0.461 e. The van der Waals surface area contributed by atoms with Crippen molar-refractivity contribution >= 4 is 18.2 Å². The van der Waals surface area contributed by atoms with Crippen molar-refractivity contribution in [2.45, 2.75) is 45.0 Å². The minimum absolute atomic E-state index is 0.140. The number of carbonyl (C=O) groups excluding carboxylic acids is 3. The van der Waals surface area contributed by atoms with Crippen LogP contribution in [-0.4, -0.2) is 43.1 Å². The average molecular weight is 346 g/mol. The number of epoxide rings is 1. The van der Waals surface area contributed by atoms with Crippen molar-refractivity contribution in [3.63, 3.8) is 0 Å². The average Bonchev–Trinajstić information content (AvgIpc) is 3.28. The van der Waals surface area contributed by atoms with Crippen LogP contribution in [0, 0.1) is 11.8 Å². The summed E-state index contributed by atoms with van der Waals surface area (Å²) in [6, 6.07) is 0.